The van der Waals surface area contributed by atoms with Gasteiger partial charge in [-0.05, 0) is 37.3 Å². The summed E-state index contributed by atoms with van der Waals surface area (Å²) in [5, 5.41) is 10.2. The molecule has 3 heteroatoms. The molecule has 1 fully saturated rings. The quantitative estimate of drug-likeness (QED) is 0.850. The summed E-state index contributed by atoms with van der Waals surface area (Å²) < 4.78 is 0. The molecule has 0 radical (unpaired) electrons. The Balaban J connectivity index is 1.91. The average molecular weight is 229 g/mol. The average Bonchev–Trinajstić information content (AvgIpc) is 2.99. The highest BCUT2D eigenvalue weighted by atomic mass is 16.4. The Bertz CT molecular complexity index is 585. The number of benzene rings is 1. The molecule has 17 heavy (non-hydrogen) atoms. The van der Waals surface area contributed by atoms with Gasteiger partial charge in [0.15, 0.2) is 0 Å². The third kappa shape index (κ3) is 1.71. The van der Waals surface area contributed by atoms with Gasteiger partial charge in [-0.1, -0.05) is 18.2 Å². The second-order valence-corrected chi connectivity index (χ2v) is 4.92. The van der Waals surface area contributed by atoms with Crippen molar-refractivity contribution in [2.75, 3.05) is 0 Å². The molecule has 0 amide bonds. The molecular formula is C14H15NO2. The number of H-pyrrole nitrogens is 1. The summed E-state index contributed by atoms with van der Waals surface area (Å²) in [6, 6.07) is 8.21. The fourth-order valence-corrected chi connectivity index (χ4v) is 2.64. The van der Waals surface area contributed by atoms with Gasteiger partial charge in [-0.3, -0.25) is 4.79 Å². The Labute approximate surface area is 99.5 Å². The number of rotatable bonds is 3. The number of aryl methyl sites for hydroxylation is 1. The van der Waals surface area contributed by atoms with E-state index >= 15 is 0 Å². The Morgan fingerprint density at radius 1 is 1.47 bits per heavy atom. The summed E-state index contributed by atoms with van der Waals surface area (Å²) >= 11 is 0. The molecule has 3 nitrogen and oxygen atoms in total. The number of nitrogens with one attached hydrogen (secondary N) is 1. The number of para-hydroxylation sites is 1. The highest BCUT2D eigenvalue weighted by Crippen LogP contribution is 2.42. The fraction of sp³-hybridized carbons (Fsp3) is 0.357. The van der Waals surface area contributed by atoms with E-state index in [0.717, 1.165) is 18.4 Å². The number of carboxylic acid groups (broad SMARTS) is 1. The fourth-order valence-electron chi connectivity index (χ4n) is 2.64. The van der Waals surface area contributed by atoms with Crippen LogP contribution in [0.2, 0.25) is 0 Å². The van der Waals surface area contributed by atoms with E-state index in [1.54, 1.807) is 0 Å². The van der Waals surface area contributed by atoms with Crippen LogP contribution in [0.5, 0.6) is 0 Å². The van der Waals surface area contributed by atoms with E-state index in [9.17, 15) is 4.79 Å². The van der Waals surface area contributed by atoms with Crippen LogP contribution in [0, 0.1) is 18.8 Å². The smallest absolute Gasteiger partial charge is 0.306 e. The molecule has 2 N–H and O–H groups in total. The van der Waals surface area contributed by atoms with Gasteiger partial charge in [0, 0.05) is 16.6 Å². The molecule has 2 unspecified atom stereocenters. The monoisotopic (exact) mass is 229 g/mol. The molecule has 88 valence electrons. The van der Waals surface area contributed by atoms with Crippen molar-refractivity contribution in [3.8, 4) is 0 Å². The third-order valence-corrected chi connectivity index (χ3v) is 3.73. The molecule has 1 aromatic heterocycles. The van der Waals surface area contributed by atoms with Crippen molar-refractivity contribution < 1.29 is 9.90 Å². The van der Waals surface area contributed by atoms with Crippen molar-refractivity contribution >= 4 is 16.9 Å². The number of fused-ring (bicyclic) bond motifs is 1. The zero-order valence-corrected chi connectivity index (χ0v) is 9.73. The maximum atomic E-state index is 10.8. The molecule has 2 atom stereocenters. The first-order chi connectivity index (χ1) is 8.16. The van der Waals surface area contributed by atoms with Gasteiger partial charge in [0.1, 0.15) is 0 Å². The molecule has 0 aliphatic heterocycles. The molecule has 1 heterocycles. The Morgan fingerprint density at radius 2 is 2.24 bits per heavy atom. The molecule has 0 spiro atoms. The first-order valence-electron chi connectivity index (χ1n) is 5.96. The number of aromatic amines is 1. The van der Waals surface area contributed by atoms with Gasteiger partial charge in [0.05, 0.1) is 5.92 Å². The van der Waals surface area contributed by atoms with E-state index in [0.29, 0.717) is 5.92 Å². The summed E-state index contributed by atoms with van der Waals surface area (Å²) in [6.07, 6.45) is 1.71. The Morgan fingerprint density at radius 3 is 2.94 bits per heavy atom. The highest BCUT2D eigenvalue weighted by Gasteiger charge is 2.43. The summed E-state index contributed by atoms with van der Waals surface area (Å²) in [5.74, 6) is -0.444. The minimum Gasteiger partial charge on any atom is -0.481 e. The van der Waals surface area contributed by atoms with E-state index in [-0.39, 0.29) is 5.92 Å². The van der Waals surface area contributed by atoms with Crippen LogP contribution in [0.4, 0.5) is 0 Å². The molecular weight excluding hydrogens is 214 g/mol. The van der Waals surface area contributed by atoms with Crippen LogP contribution >= 0.6 is 0 Å². The van der Waals surface area contributed by atoms with Crippen molar-refractivity contribution in [3.63, 3.8) is 0 Å². The second kappa shape index (κ2) is 3.62. The van der Waals surface area contributed by atoms with E-state index in [4.69, 9.17) is 5.11 Å². The van der Waals surface area contributed by atoms with Crippen LogP contribution in [0.15, 0.2) is 24.3 Å². The lowest BCUT2D eigenvalue weighted by Gasteiger charge is -1.99. The normalized spacial score (nSPS) is 22.9. The second-order valence-electron chi connectivity index (χ2n) is 4.92. The number of carbonyl (C=O) groups is 1. The maximum absolute atomic E-state index is 10.8. The van der Waals surface area contributed by atoms with E-state index in [1.807, 2.05) is 12.1 Å². The van der Waals surface area contributed by atoms with Crippen LogP contribution in [-0.4, -0.2) is 16.1 Å². The van der Waals surface area contributed by atoms with Gasteiger partial charge in [-0.15, -0.1) is 0 Å². The van der Waals surface area contributed by atoms with Crippen molar-refractivity contribution in [3.05, 3.63) is 35.5 Å². The van der Waals surface area contributed by atoms with Crippen LogP contribution < -0.4 is 0 Å². The molecule has 1 aliphatic carbocycles. The SMILES string of the molecule is Cc1[nH]c2ccccc2c1CC1CC1C(=O)O. The summed E-state index contributed by atoms with van der Waals surface area (Å²) in [4.78, 5) is 14.2. The molecule has 0 saturated heterocycles. The van der Waals surface area contributed by atoms with E-state index < -0.39 is 5.97 Å². The number of aromatic nitrogens is 1. The standard InChI is InChI=1S/C14H15NO2/c1-8-11(6-9-7-12(9)14(16)17)10-4-2-3-5-13(10)15-8/h2-5,9,12,15H,6-7H2,1H3,(H,16,17). The minimum absolute atomic E-state index is 0.122. The summed E-state index contributed by atoms with van der Waals surface area (Å²) in [6.45, 7) is 2.06. The zero-order chi connectivity index (χ0) is 12.0. The molecule has 0 bridgehead atoms. The lowest BCUT2D eigenvalue weighted by atomic mass is 10.0. The van der Waals surface area contributed by atoms with Crippen LogP contribution in [0.1, 0.15) is 17.7 Å². The maximum Gasteiger partial charge on any atom is 0.306 e. The highest BCUT2D eigenvalue weighted by molar-refractivity contribution is 5.84. The predicted molar refractivity (Wildman–Crippen MR) is 66.0 cm³/mol. The van der Waals surface area contributed by atoms with Crippen molar-refractivity contribution in [2.45, 2.75) is 19.8 Å². The first-order valence-corrected chi connectivity index (χ1v) is 5.96. The van der Waals surface area contributed by atoms with Gasteiger partial charge in [0.25, 0.3) is 0 Å². The van der Waals surface area contributed by atoms with E-state index in [2.05, 4.69) is 24.0 Å². The molecule has 3 rings (SSSR count). The summed E-state index contributed by atoms with van der Waals surface area (Å²) in [5.41, 5.74) is 3.60. The summed E-state index contributed by atoms with van der Waals surface area (Å²) in [7, 11) is 0. The van der Waals surface area contributed by atoms with Gasteiger partial charge >= 0.3 is 5.97 Å². The largest absolute Gasteiger partial charge is 0.481 e. The van der Waals surface area contributed by atoms with Crippen molar-refractivity contribution in [2.24, 2.45) is 11.8 Å². The van der Waals surface area contributed by atoms with Crippen LogP contribution in [-0.2, 0) is 11.2 Å². The topological polar surface area (TPSA) is 53.1 Å². The van der Waals surface area contributed by atoms with Gasteiger partial charge in [-0.25, -0.2) is 0 Å². The van der Waals surface area contributed by atoms with Crippen molar-refractivity contribution in [1.82, 2.24) is 4.98 Å². The molecule has 1 aliphatic rings. The van der Waals surface area contributed by atoms with Gasteiger partial charge < -0.3 is 10.1 Å². The number of hydrogen-bond acceptors (Lipinski definition) is 1. The van der Waals surface area contributed by atoms with Crippen LogP contribution in [0.25, 0.3) is 10.9 Å². The number of hydrogen-bond donors (Lipinski definition) is 2. The minimum atomic E-state index is -0.646. The molecule has 2 aromatic rings. The third-order valence-electron chi connectivity index (χ3n) is 3.73. The Hall–Kier alpha value is -1.77. The molecule has 1 aromatic carbocycles. The van der Waals surface area contributed by atoms with E-state index in [1.165, 1.54) is 16.6 Å². The van der Waals surface area contributed by atoms with Crippen LogP contribution in [0.3, 0.4) is 0 Å². The zero-order valence-electron chi connectivity index (χ0n) is 9.73. The molecule has 1 saturated carbocycles. The number of carboxylic acids is 1. The first kappa shape index (κ1) is 10.4. The van der Waals surface area contributed by atoms with Gasteiger partial charge in [0.2, 0.25) is 0 Å². The van der Waals surface area contributed by atoms with Crippen molar-refractivity contribution in [1.29, 1.82) is 0 Å². The van der Waals surface area contributed by atoms with Gasteiger partial charge in [-0.2, -0.15) is 0 Å². The lowest BCUT2D eigenvalue weighted by molar-refractivity contribution is -0.138. The predicted octanol–water partition coefficient (Wildman–Crippen LogP) is 2.74. The number of aliphatic carboxylic acids is 1. The Kier molecular flexibility index (Phi) is 2.21. The lowest BCUT2D eigenvalue weighted by Crippen LogP contribution is -2.01.